The Balaban J connectivity index is 1.53. The number of rotatable bonds is 10. The first-order valence-electron chi connectivity index (χ1n) is 33.3. The number of fused-ring (bicyclic) bond motifs is 1. The molecule has 11 amide bonds. The Hall–Kier alpha value is -5.75. The van der Waals surface area contributed by atoms with Gasteiger partial charge in [-0.1, -0.05) is 93.4 Å². The summed E-state index contributed by atoms with van der Waals surface area (Å²) in [6.45, 7) is 13.2. The van der Waals surface area contributed by atoms with E-state index in [2.05, 4.69) is 28.2 Å². The Kier molecular flexibility index (Phi) is 27.9. The summed E-state index contributed by atoms with van der Waals surface area (Å²) in [5, 5.41) is 10.4. The van der Waals surface area contributed by atoms with E-state index in [9.17, 15) is 56.3 Å². The molecule has 3 saturated carbocycles. The van der Waals surface area contributed by atoms with Crippen molar-refractivity contribution in [1.82, 2.24) is 55.6 Å². The first-order valence-corrected chi connectivity index (χ1v) is 33.7. The highest BCUT2D eigenvalue weighted by molar-refractivity contribution is 6.20. The lowest BCUT2D eigenvalue weighted by Gasteiger charge is -2.39. The van der Waals surface area contributed by atoms with E-state index >= 15 is 9.59 Å². The van der Waals surface area contributed by atoms with E-state index in [1.165, 1.54) is 71.7 Å². The molecule has 26 heteroatoms. The van der Waals surface area contributed by atoms with Gasteiger partial charge in [-0.25, -0.2) is 0 Å². The molecule has 0 aromatic carbocycles. The number of alkyl halides is 4. The summed E-state index contributed by atoms with van der Waals surface area (Å²) < 4.78 is 41.7. The van der Waals surface area contributed by atoms with Gasteiger partial charge in [-0.2, -0.15) is 13.2 Å². The van der Waals surface area contributed by atoms with E-state index in [1.54, 1.807) is 27.7 Å². The molecule has 5 fully saturated rings. The maximum atomic E-state index is 15.1. The zero-order valence-electron chi connectivity index (χ0n) is 56.6. The van der Waals surface area contributed by atoms with Crippen molar-refractivity contribution < 1.29 is 65.9 Å². The number of nitrogens with zero attached hydrogens (tertiary/aromatic N) is 7. The maximum absolute atomic E-state index is 15.1. The van der Waals surface area contributed by atoms with Gasteiger partial charge in [0.05, 0.1) is 25.6 Å². The number of likely N-dealkylation sites (N-methyl/N-ethyl adjacent to an activating group) is 6. The molecule has 3 aliphatic carbocycles. The Morgan fingerprint density at radius 2 is 1.24 bits per heavy atom. The molecule has 2 heterocycles. The first-order chi connectivity index (χ1) is 42.5. The fourth-order valence-electron chi connectivity index (χ4n) is 14.3. The smallest absolute Gasteiger partial charge is 0.351 e. The van der Waals surface area contributed by atoms with Gasteiger partial charge in [-0.15, -0.1) is 11.6 Å². The first kappa shape index (κ1) is 76.0. The van der Waals surface area contributed by atoms with Crippen LogP contribution in [0, 0.1) is 41.4 Å². The fourth-order valence-corrected chi connectivity index (χ4v) is 14.8. The van der Waals surface area contributed by atoms with Crippen LogP contribution in [0.4, 0.5) is 13.2 Å². The molecular formula is C65H107ClF3N11O11. The minimum atomic E-state index is -4.49. The summed E-state index contributed by atoms with van der Waals surface area (Å²) in [4.78, 5) is 169. The molecule has 0 aromatic rings. The molecule has 0 aromatic heterocycles. The molecule has 2 aliphatic heterocycles. The standard InChI is InChI=1S/C65H107ClF3N11O11/c1-15-40(6)55-62(90)76(11)36-53(83)74(9)37-54(84)78(13)50(34-44-22-17-16-21-41(44)7)61(89)75(10)35-51(81)71-47(27-25-43-24-26-45(46(66)33-43)65(67,68)69)60(88)80-30-20-23-48(80)58(86)73-64(28-18-19-29-64)63(91)79(14)56(39(4)5)59(87)70-42(8)32-52(82)77(12)49(31-38(2)3)57(85)72-55/h38-50,55-56H,15-37H2,1-14H3,(H,70,87)(H,71,81)(H,72,85)(H,73,86)/t40-,41?,42+,43?,44?,45?,46?,47-,48-,49-,50-,55-,56-/m0/s1. The minimum Gasteiger partial charge on any atom is -0.351 e. The van der Waals surface area contributed by atoms with Crippen LogP contribution in [0.15, 0.2) is 0 Å². The molecule has 5 rings (SSSR count). The van der Waals surface area contributed by atoms with Gasteiger partial charge in [0.1, 0.15) is 41.8 Å². The number of carbonyl (C=O) groups is 11. The molecule has 4 N–H and O–H groups in total. The second-order valence-corrected chi connectivity index (χ2v) is 28.7. The average Bonchev–Trinajstić information content (AvgIpc) is 1.78. The van der Waals surface area contributed by atoms with E-state index in [0.29, 0.717) is 25.7 Å². The molecule has 22 nitrogen and oxygen atoms in total. The van der Waals surface area contributed by atoms with E-state index in [-0.39, 0.29) is 101 Å². The normalized spacial score (nSPS) is 31.1. The zero-order chi connectivity index (χ0) is 68.1. The van der Waals surface area contributed by atoms with Gasteiger partial charge in [0, 0.05) is 66.7 Å². The minimum absolute atomic E-state index is 0.0132. The highest BCUT2D eigenvalue weighted by Gasteiger charge is 2.51. The third-order valence-electron chi connectivity index (χ3n) is 20.3. The lowest BCUT2D eigenvalue weighted by atomic mass is 9.77. The van der Waals surface area contributed by atoms with Crippen LogP contribution in [-0.4, -0.2) is 227 Å². The van der Waals surface area contributed by atoms with Crippen LogP contribution in [0.2, 0.25) is 0 Å². The molecule has 5 aliphatic rings. The molecule has 0 radical (unpaired) electrons. The van der Waals surface area contributed by atoms with Crippen molar-refractivity contribution >= 4 is 76.6 Å². The zero-order valence-corrected chi connectivity index (χ0v) is 57.3. The van der Waals surface area contributed by atoms with Crippen molar-refractivity contribution in [3.63, 3.8) is 0 Å². The van der Waals surface area contributed by atoms with Crippen LogP contribution in [0.25, 0.3) is 0 Å². The second-order valence-electron chi connectivity index (χ2n) is 28.2. The quantitative estimate of drug-likeness (QED) is 0.199. The molecule has 1 spiro atoms. The summed E-state index contributed by atoms with van der Waals surface area (Å²) in [5.74, 6) is -9.43. The van der Waals surface area contributed by atoms with Gasteiger partial charge in [0.2, 0.25) is 65.0 Å². The van der Waals surface area contributed by atoms with Gasteiger partial charge in [-0.3, -0.25) is 52.7 Å². The predicted octanol–water partition coefficient (Wildman–Crippen LogP) is 5.47. The summed E-state index contributed by atoms with van der Waals surface area (Å²) in [7, 11) is 8.63. The lowest BCUT2D eigenvalue weighted by Crippen LogP contribution is -2.64. The van der Waals surface area contributed by atoms with Crippen molar-refractivity contribution in [3.8, 4) is 0 Å². The SMILES string of the molecule is CC[C@H](C)[C@@H]1NC(=O)[C@H](CC(C)C)N(C)C(=O)C[C@@H](C)NC(=O)[C@H](C(C)C)N(C)C(=O)C2(CCCC2)NC(=O)[C@@H]2CCCN2C(=O)[C@H](CCC2CCC(C(F)(F)F)C(Cl)C2)NC(=O)CN(C)C(=O)[C@H](CC2CCCCC2C)N(C)C(=O)CN(C)C(=O)CN(C)C1=O. The number of nitrogens with one attached hydrogen (secondary N) is 4. The van der Waals surface area contributed by atoms with Crippen LogP contribution < -0.4 is 21.3 Å². The van der Waals surface area contributed by atoms with Gasteiger partial charge in [0.15, 0.2) is 0 Å². The molecule has 516 valence electrons. The fraction of sp³-hybridized carbons (Fsp3) is 0.831. The molecule has 91 heavy (non-hydrogen) atoms. The van der Waals surface area contributed by atoms with Crippen molar-refractivity contribution in [2.24, 2.45) is 41.4 Å². The number of hydrogen-bond donors (Lipinski definition) is 4. The molecule has 5 unspecified atom stereocenters. The number of carbonyl (C=O) groups excluding carboxylic acids is 11. The lowest BCUT2D eigenvalue weighted by molar-refractivity contribution is -0.182. The van der Waals surface area contributed by atoms with E-state index in [0.717, 1.165) is 30.6 Å². The molecule has 0 bridgehead atoms. The predicted molar refractivity (Wildman–Crippen MR) is 338 cm³/mol. The highest BCUT2D eigenvalue weighted by atomic mass is 35.5. The van der Waals surface area contributed by atoms with E-state index in [1.807, 2.05) is 20.8 Å². The molecular weight excluding hydrogens is 1200 g/mol. The Morgan fingerprint density at radius 1 is 0.626 bits per heavy atom. The van der Waals surface area contributed by atoms with Gasteiger partial charge < -0.3 is 55.6 Å². The average molecular weight is 1310 g/mol. The summed E-state index contributed by atoms with van der Waals surface area (Å²) >= 11 is 6.36. The number of halogens is 4. The van der Waals surface area contributed by atoms with Crippen LogP contribution in [0.1, 0.15) is 177 Å². The van der Waals surface area contributed by atoms with Crippen LogP contribution >= 0.6 is 11.6 Å². The number of amides is 11. The Labute approximate surface area is 542 Å². The topological polar surface area (TPSA) is 259 Å². The van der Waals surface area contributed by atoms with E-state index < -0.39 is 162 Å². The Bertz CT molecular complexity index is 2590. The highest BCUT2D eigenvalue weighted by Crippen LogP contribution is 2.44. The third kappa shape index (κ3) is 19.9. The maximum Gasteiger partial charge on any atom is 0.393 e. The number of hydrogen-bond acceptors (Lipinski definition) is 11. The third-order valence-corrected chi connectivity index (χ3v) is 20.8. The van der Waals surface area contributed by atoms with Crippen molar-refractivity contribution in [1.29, 1.82) is 0 Å². The van der Waals surface area contributed by atoms with Gasteiger partial charge in [0.25, 0.3) is 0 Å². The van der Waals surface area contributed by atoms with Gasteiger partial charge >= 0.3 is 6.18 Å². The molecule has 2 saturated heterocycles. The molecule has 13 atom stereocenters. The summed E-state index contributed by atoms with van der Waals surface area (Å²) in [6, 6.07) is -7.60. The Morgan fingerprint density at radius 3 is 1.84 bits per heavy atom. The van der Waals surface area contributed by atoms with Crippen molar-refractivity contribution in [2.75, 3.05) is 68.5 Å². The second kappa shape index (κ2) is 33.4. The summed E-state index contributed by atoms with van der Waals surface area (Å²) in [5.41, 5.74) is -1.48. The van der Waals surface area contributed by atoms with Crippen LogP contribution in [-0.2, 0) is 52.7 Å². The van der Waals surface area contributed by atoms with Crippen molar-refractivity contribution in [3.05, 3.63) is 0 Å². The largest absolute Gasteiger partial charge is 0.393 e. The van der Waals surface area contributed by atoms with Crippen LogP contribution in [0.3, 0.4) is 0 Å². The van der Waals surface area contributed by atoms with Gasteiger partial charge in [-0.05, 0) is 113 Å². The van der Waals surface area contributed by atoms with Crippen molar-refractivity contribution in [2.45, 2.75) is 237 Å². The monoisotopic (exact) mass is 1310 g/mol. The summed E-state index contributed by atoms with van der Waals surface area (Å²) in [6.07, 6.45) is 2.01. The van der Waals surface area contributed by atoms with E-state index in [4.69, 9.17) is 11.6 Å². The van der Waals surface area contributed by atoms with Crippen LogP contribution in [0.5, 0.6) is 0 Å².